The second-order valence-electron chi connectivity index (χ2n) is 4.70. The molecule has 2 nitrogen and oxygen atoms in total. The second-order valence-corrected chi connectivity index (χ2v) is 5.56. The quantitative estimate of drug-likeness (QED) is 0.901. The molecular formula is C13H17BrFNO. The number of benzene rings is 1. The monoisotopic (exact) mass is 301 g/mol. The van der Waals surface area contributed by atoms with Crippen molar-refractivity contribution < 1.29 is 9.50 Å². The van der Waals surface area contributed by atoms with Crippen LogP contribution < -0.4 is 5.73 Å². The van der Waals surface area contributed by atoms with Gasteiger partial charge in [-0.3, -0.25) is 0 Å². The third-order valence-corrected chi connectivity index (χ3v) is 4.20. The zero-order valence-corrected chi connectivity index (χ0v) is 11.2. The third kappa shape index (κ3) is 2.69. The van der Waals surface area contributed by atoms with Crippen molar-refractivity contribution in [2.75, 3.05) is 0 Å². The highest BCUT2D eigenvalue weighted by atomic mass is 79.9. The zero-order chi connectivity index (χ0) is 12.4. The molecule has 94 valence electrons. The van der Waals surface area contributed by atoms with Crippen molar-refractivity contribution in [3.8, 4) is 0 Å². The molecule has 0 radical (unpaired) electrons. The van der Waals surface area contributed by atoms with E-state index in [1.54, 1.807) is 18.2 Å². The maximum absolute atomic E-state index is 13.9. The van der Waals surface area contributed by atoms with Gasteiger partial charge in [-0.15, -0.1) is 0 Å². The third-order valence-electron chi connectivity index (χ3n) is 3.59. The van der Waals surface area contributed by atoms with Crippen LogP contribution in [-0.4, -0.2) is 11.2 Å². The number of hydrogen-bond acceptors (Lipinski definition) is 2. The molecule has 17 heavy (non-hydrogen) atoms. The molecule has 1 aliphatic carbocycles. The van der Waals surface area contributed by atoms with E-state index >= 15 is 0 Å². The Balaban J connectivity index is 2.18. The molecule has 1 saturated carbocycles. The number of halogens is 2. The van der Waals surface area contributed by atoms with Crippen molar-refractivity contribution in [3.63, 3.8) is 0 Å². The molecule has 0 unspecified atom stereocenters. The van der Waals surface area contributed by atoms with Crippen LogP contribution in [0.5, 0.6) is 0 Å². The minimum atomic E-state index is -0.652. The normalized spacial score (nSPS) is 20.5. The van der Waals surface area contributed by atoms with Crippen LogP contribution in [0.4, 0.5) is 4.39 Å². The van der Waals surface area contributed by atoms with Crippen molar-refractivity contribution in [1.29, 1.82) is 0 Å². The minimum absolute atomic E-state index is 0.211. The van der Waals surface area contributed by atoms with Gasteiger partial charge in [-0.05, 0) is 40.8 Å². The largest absolute Gasteiger partial charge is 0.391 e. The maximum Gasteiger partial charge on any atom is 0.142 e. The molecule has 2 atom stereocenters. The summed E-state index contributed by atoms with van der Waals surface area (Å²) >= 11 is 3.13. The van der Waals surface area contributed by atoms with Gasteiger partial charge in [-0.2, -0.15) is 0 Å². The first-order chi connectivity index (χ1) is 8.11. The van der Waals surface area contributed by atoms with Crippen molar-refractivity contribution in [3.05, 3.63) is 34.1 Å². The molecular weight excluding hydrogens is 285 g/mol. The summed E-state index contributed by atoms with van der Waals surface area (Å²) in [6.07, 6.45) is 3.60. The Kier molecular flexibility index (Phi) is 4.17. The first-order valence-corrected chi connectivity index (χ1v) is 6.78. The molecule has 0 saturated heterocycles. The SMILES string of the molecule is N[C@@H](c1cccc(Br)c1F)[C@H](O)C1CCCC1. The van der Waals surface area contributed by atoms with E-state index in [1.807, 2.05) is 0 Å². The van der Waals surface area contributed by atoms with E-state index < -0.39 is 12.1 Å². The van der Waals surface area contributed by atoms with E-state index in [2.05, 4.69) is 15.9 Å². The minimum Gasteiger partial charge on any atom is -0.391 e. The summed E-state index contributed by atoms with van der Waals surface area (Å²) in [5.74, 6) is -0.152. The number of hydrogen-bond donors (Lipinski definition) is 2. The lowest BCUT2D eigenvalue weighted by Gasteiger charge is -2.25. The summed E-state index contributed by atoms with van der Waals surface area (Å²) in [5, 5.41) is 10.2. The van der Waals surface area contributed by atoms with Gasteiger partial charge in [0.1, 0.15) is 5.82 Å². The summed E-state index contributed by atoms with van der Waals surface area (Å²) < 4.78 is 14.3. The second kappa shape index (κ2) is 5.46. The Morgan fingerprint density at radius 3 is 2.65 bits per heavy atom. The average molecular weight is 302 g/mol. The van der Waals surface area contributed by atoms with Gasteiger partial charge in [0.15, 0.2) is 0 Å². The zero-order valence-electron chi connectivity index (χ0n) is 9.57. The van der Waals surface area contributed by atoms with Crippen LogP contribution in [0.25, 0.3) is 0 Å². The molecule has 0 aromatic heterocycles. The topological polar surface area (TPSA) is 46.2 Å². The predicted molar refractivity (Wildman–Crippen MR) is 69.0 cm³/mol. The highest BCUT2D eigenvalue weighted by Crippen LogP contribution is 2.34. The van der Waals surface area contributed by atoms with Crippen LogP contribution in [0.3, 0.4) is 0 Å². The molecule has 0 bridgehead atoms. The number of aliphatic hydroxyl groups excluding tert-OH is 1. The Labute approximate surface area is 109 Å². The van der Waals surface area contributed by atoms with Crippen molar-refractivity contribution in [2.24, 2.45) is 11.7 Å². The first-order valence-electron chi connectivity index (χ1n) is 5.99. The van der Waals surface area contributed by atoms with Crippen molar-refractivity contribution in [1.82, 2.24) is 0 Å². The fourth-order valence-corrected chi connectivity index (χ4v) is 2.94. The summed E-state index contributed by atoms with van der Waals surface area (Å²) in [6, 6.07) is 4.37. The molecule has 0 heterocycles. The van der Waals surface area contributed by atoms with Crippen molar-refractivity contribution >= 4 is 15.9 Å². The van der Waals surface area contributed by atoms with Crippen LogP contribution in [0, 0.1) is 11.7 Å². The van der Waals surface area contributed by atoms with Crippen molar-refractivity contribution in [2.45, 2.75) is 37.8 Å². The van der Waals surface area contributed by atoms with Crippen LogP contribution in [0.1, 0.15) is 37.3 Å². The predicted octanol–water partition coefficient (Wildman–Crippen LogP) is 3.14. The molecule has 1 aromatic rings. The summed E-state index contributed by atoms with van der Waals surface area (Å²) in [7, 11) is 0. The fraction of sp³-hybridized carbons (Fsp3) is 0.538. The molecule has 1 fully saturated rings. The number of aliphatic hydroxyl groups is 1. The lowest BCUT2D eigenvalue weighted by molar-refractivity contribution is 0.0832. The number of nitrogens with two attached hydrogens (primary N) is 1. The molecule has 0 spiro atoms. The Bertz CT molecular complexity index is 393. The molecule has 0 aliphatic heterocycles. The standard InChI is InChI=1S/C13H17BrFNO/c14-10-7-3-6-9(11(10)15)12(16)13(17)8-4-1-2-5-8/h3,6-8,12-13,17H,1-2,4-5,16H2/t12-,13+/m0/s1. The Hall–Kier alpha value is -0.450. The van der Waals surface area contributed by atoms with E-state index in [1.165, 1.54) is 0 Å². The lowest BCUT2D eigenvalue weighted by atomic mass is 9.91. The van der Waals surface area contributed by atoms with Gasteiger partial charge in [-0.25, -0.2) is 4.39 Å². The highest BCUT2D eigenvalue weighted by Gasteiger charge is 2.30. The molecule has 1 aromatic carbocycles. The summed E-state index contributed by atoms with van der Waals surface area (Å²) in [6.45, 7) is 0. The van der Waals surface area contributed by atoms with Gasteiger partial charge >= 0.3 is 0 Å². The Morgan fingerprint density at radius 1 is 1.35 bits per heavy atom. The van der Waals surface area contributed by atoms with Gasteiger partial charge in [-0.1, -0.05) is 25.0 Å². The van der Waals surface area contributed by atoms with Crippen LogP contribution in [0.15, 0.2) is 22.7 Å². The summed E-state index contributed by atoms with van der Waals surface area (Å²) in [5.41, 5.74) is 6.36. The molecule has 0 amide bonds. The average Bonchev–Trinajstić information content (AvgIpc) is 2.84. The molecule has 1 aliphatic rings. The first kappa shape index (κ1) is 13.0. The fourth-order valence-electron chi connectivity index (χ4n) is 2.55. The van der Waals surface area contributed by atoms with E-state index in [9.17, 15) is 9.50 Å². The van der Waals surface area contributed by atoms with Gasteiger partial charge in [0, 0.05) is 5.56 Å². The van der Waals surface area contributed by atoms with E-state index in [0.717, 1.165) is 25.7 Å². The van der Waals surface area contributed by atoms with Gasteiger partial charge in [0.25, 0.3) is 0 Å². The molecule has 4 heteroatoms. The lowest BCUT2D eigenvalue weighted by Crippen LogP contribution is -2.32. The molecule has 2 rings (SSSR count). The van der Waals surface area contributed by atoms with E-state index in [0.29, 0.717) is 10.0 Å². The highest BCUT2D eigenvalue weighted by molar-refractivity contribution is 9.10. The maximum atomic E-state index is 13.9. The van der Waals surface area contributed by atoms with Crippen LogP contribution in [0.2, 0.25) is 0 Å². The molecule has 3 N–H and O–H groups in total. The van der Waals surface area contributed by atoms with E-state index in [-0.39, 0.29) is 11.7 Å². The van der Waals surface area contributed by atoms with Crippen LogP contribution in [-0.2, 0) is 0 Å². The summed E-state index contributed by atoms with van der Waals surface area (Å²) in [4.78, 5) is 0. The van der Waals surface area contributed by atoms with Gasteiger partial charge < -0.3 is 10.8 Å². The Morgan fingerprint density at radius 2 is 2.00 bits per heavy atom. The van der Waals surface area contributed by atoms with E-state index in [4.69, 9.17) is 5.73 Å². The number of rotatable bonds is 3. The van der Waals surface area contributed by atoms with Gasteiger partial charge in [0.2, 0.25) is 0 Å². The smallest absolute Gasteiger partial charge is 0.142 e. The van der Waals surface area contributed by atoms with Crippen LogP contribution >= 0.6 is 15.9 Å². The van der Waals surface area contributed by atoms with Gasteiger partial charge in [0.05, 0.1) is 16.6 Å².